The fraction of sp³-hybridized carbons (Fsp3) is 0.385. The highest BCUT2D eigenvalue weighted by Gasteiger charge is 2.26. The molecule has 168 valence electrons. The molecule has 1 saturated heterocycles. The lowest BCUT2D eigenvalue weighted by molar-refractivity contribution is 0.0944. The molecule has 2 aromatic heterocycles. The first-order valence-electron chi connectivity index (χ1n) is 11.3. The predicted octanol–water partition coefficient (Wildman–Crippen LogP) is 3.67. The molecule has 4 rings (SSSR count). The Morgan fingerprint density at radius 1 is 1.06 bits per heavy atom. The number of amides is 1. The molecule has 0 bridgehead atoms. The van der Waals surface area contributed by atoms with Crippen LogP contribution in [0.4, 0.5) is 5.69 Å². The summed E-state index contributed by atoms with van der Waals surface area (Å²) < 4.78 is 7.72. The monoisotopic (exact) mass is 432 g/mol. The van der Waals surface area contributed by atoms with E-state index < -0.39 is 0 Å². The lowest BCUT2D eigenvalue weighted by atomic mass is 10.1. The standard InChI is InChI=1S/C26H32N4O2/c1-19-7-9-22(10-8-19)18-30-21(3)24(29-14-16-32-17-15-29)20(2)25(30)26(31)28-13-11-23-6-4-5-12-27-23/h4-10,12H,11,13-18H2,1-3H3,(H,28,31). The molecular weight excluding hydrogens is 400 g/mol. The number of morpholine rings is 1. The van der Waals surface area contributed by atoms with Crippen molar-refractivity contribution in [1.29, 1.82) is 0 Å². The van der Waals surface area contributed by atoms with E-state index in [9.17, 15) is 4.79 Å². The van der Waals surface area contributed by atoms with E-state index in [0.29, 0.717) is 32.7 Å². The molecule has 0 saturated carbocycles. The van der Waals surface area contributed by atoms with Gasteiger partial charge in [0.15, 0.2) is 0 Å². The molecule has 3 aromatic rings. The van der Waals surface area contributed by atoms with E-state index in [1.54, 1.807) is 6.20 Å². The molecular formula is C26H32N4O2. The number of rotatable bonds is 7. The fourth-order valence-electron chi connectivity index (χ4n) is 4.43. The molecule has 1 N–H and O–H groups in total. The number of nitrogens with one attached hydrogen (secondary N) is 1. The SMILES string of the molecule is Cc1ccc(Cn2c(C)c(N3CCOCC3)c(C)c2C(=O)NCCc2ccccn2)cc1. The molecule has 0 spiro atoms. The van der Waals surface area contributed by atoms with E-state index in [1.807, 2.05) is 18.2 Å². The Morgan fingerprint density at radius 3 is 2.50 bits per heavy atom. The minimum absolute atomic E-state index is 0.0341. The van der Waals surface area contributed by atoms with E-state index in [1.165, 1.54) is 11.1 Å². The first-order valence-corrected chi connectivity index (χ1v) is 11.3. The predicted molar refractivity (Wildman–Crippen MR) is 127 cm³/mol. The second kappa shape index (κ2) is 10.0. The van der Waals surface area contributed by atoms with Gasteiger partial charge in [-0.15, -0.1) is 0 Å². The first-order chi connectivity index (χ1) is 15.5. The minimum atomic E-state index is -0.0341. The average Bonchev–Trinajstić information content (AvgIpc) is 3.05. The van der Waals surface area contributed by atoms with Gasteiger partial charge in [0, 0.05) is 55.7 Å². The van der Waals surface area contributed by atoms with Crippen LogP contribution in [0.1, 0.15) is 38.6 Å². The maximum Gasteiger partial charge on any atom is 0.268 e. The molecule has 32 heavy (non-hydrogen) atoms. The summed E-state index contributed by atoms with van der Waals surface area (Å²) in [5.41, 5.74) is 7.46. The van der Waals surface area contributed by atoms with Gasteiger partial charge in [-0.05, 0) is 38.5 Å². The van der Waals surface area contributed by atoms with Crippen molar-refractivity contribution in [1.82, 2.24) is 14.9 Å². The summed E-state index contributed by atoms with van der Waals surface area (Å²) in [7, 11) is 0. The van der Waals surface area contributed by atoms with Gasteiger partial charge in [0.25, 0.3) is 5.91 Å². The second-order valence-corrected chi connectivity index (χ2v) is 8.41. The van der Waals surface area contributed by atoms with Crippen molar-refractivity contribution in [3.05, 3.63) is 82.4 Å². The van der Waals surface area contributed by atoms with E-state index in [4.69, 9.17) is 4.74 Å². The molecule has 6 nitrogen and oxygen atoms in total. The molecule has 3 heterocycles. The number of pyridine rings is 1. The molecule has 0 unspecified atom stereocenters. The highest BCUT2D eigenvalue weighted by Crippen LogP contribution is 2.32. The van der Waals surface area contributed by atoms with Gasteiger partial charge in [-0.1, -0.05) is 35.9 Å². The summed E-state index contributed by atoms with van der Waals surface area (Å²) in [6.07, 6.45) is 2.49. The number of carbonyl (C=O) groups excluding carboxylic acids is 1. The maximum atomic E-state index is 13.4. The number of anilines is 1. The molecule has 1 aliphatic rings. The highest BCUT2D eigenvalue weighted by atomic mass is 16.5. The zero-order valence-corrected chi connectivity index (χ0v) is 19.2. The molecule has 1 fully saturated rings. The Morgan fingerprint density at radius 2 is 1.81 bits per heavy atom. The number of carbonyl (C=O) groups is 1. The van der Waals surface area contributed by atoms with Gasteiger partial charge in [-0.2, -0.15) is 0 Å². The number of hydrogen-bond donors (Lipinski definition) is 1. The molecule has 0 atom stereocenters. The largest absolute Gasteiger partial charge is 0.378 e. The quantitative estimate of drug-likeness (QED) is 0.619. The molecule has 1 aliphatic heterocycles. The Bertz CT molecular complexity index is 1050. The van der Waals surface area contributed by atoms with Crippen LogP contribution in [0.3, 0.4) is 0 Å². The van der Waals surface area contributed by atoms with Gasteiger partial charge >= 0.3 is 0 Å². The van der Waals surface area contributed by atoms with Gasteiger partial charge in [0.05, 0.1) is 18.9 Å². The van der Waals surface area contributed by atoms with Gasteiger partial charge in [0.1, 0.15) is 5.69 Å². The molecule has 0 radical (unpaired) electrons. The number of nitrogens with zero attached hydrogens (tertiary/aromatic N) is 3. The van der Waals surface area contributed by atoms with Crippen LogP contribution < -0.4 is 10.2 Å². The lowest BCUT2D eigenvalue weighted by Gasteiger charge is -2.29. The van der Waals surface area contributed by atoms with Crippen molar-refractivity contribution in [2.75, 3.05) is 37.7 Å². The molecule has 0 aliphatic carbocycles. The van der Waals surface area contributed by atoms with Crippen molar-refractivity contribution >= 4 is 11.6 Å². The van der Waals surface area contributed by atoms with E-state index in [2.05, 4.69) is 64.8 Å². The van der Waals surface area contributed by atoms with E-state index in [0.717, 1.165) is 41.4 Å². The van der Waals surface area contributed by atoms with Crippen LogP contribution >= 0.6 is 0 Å². The fourth-order valence-corrected chi connectivity index (χ4v) is 4.43. The van der Waals surface area contributed by atoms with Gasteiger partial charge in [-0.3, -0.25) is 9.78 Å². The molecule has 6 heteroatoms. The summed E-state index contributed by atoms with van der Waals surface area (Å²) in [4.78, 5) is 20.1. The Kier molecular flexibility index (Phi) is 6.90. The molecule has 1 amide bonds. The van der Waals surface area contributed by atoms with Crippen molar-refractivity contribution in [3.63, 3.8) is 0 Å². The summed E-state index contributed by atoms with van der Waals surface area (Å²) >= 11 is 0. The number of aromatic nitrogens is 2. The maximum absolute atomic E-state index is 13.4. The zero-order valence-electron chi connectivity index (χ0n) is 19.2. The smallest absolute Gasteiger partial charge is 0.268 e. The van der Waals surface area contributed by atoms with Crippen molar-refractivity contribution in [2.45, 2.75) is 33.7 Å². The van der Waals surface area contributed by atoms with E-state index in [-0.39, 0.29) is 5.91 Å². The van der Waals surface area contributed by atoms with Crippen molar-refractivity contribution in [3.8, 4) is 0 Å². The van der Waals surface area contributed by atoms with Crippen LogP contribution in [-0.4, -0.2) is 48.3 Å². The second-order valence-electron chi connectivity index (χ2n) is 8.41. The number of benzene rings is 1. The Balaban J connectivity index is 1.61. The zero-order chi connectivity index (χ0) is 22.5. The third-order valence-electron chi connectivity index (χ3n) is 6.12. The average molecular weight is 433 g/mol. The minimum Gasteiger partial charge on any atom is -0.378 e. The summed E-state index contributed by atoms with van der Waals surface area (Å²) in [6, 6.07) is 14.4. The number of aryl methyl sites for hydroxylation is 1. The van der Waals surface area contributed by atoms with Gasteiger partial charge in [-0.25, -0.2) is 0 Å². The topological polar surface area (TPSA) is 59.4 Å². The van der Waals surface area contributed by atoms with Crippen LogP contribution in [0.15, 0.2) is 48.7 Å². The van der Waals surface area contributed by atoms with Crippen molar-refractivity contribution in [2.24, 2.45) is 0 Å². The number of ether oxygens (including phenoxy) is 1. The Labute approximate surface area is 190 Å². The van der Waals surface area contributed by atoms with Crippen LogP contribution in [0.25, 0.3) is 0 Å². The van der Waals surface area contributed by atoms with Gasteiger partial charge < -0.3 is 19.5 Å². The summed E-state index contributed by atoms with van der Waals surface area (Å²) in [5.74, 6) is -0.0341. The van der Waals surface area contributed by atoms with Crippen molar-refractivity contribution < 1.29 is 9.53 Å². The summed E-state index contributed by atoms with van der Waals surface area (Å²) in [6.45, 7) is 10.6. The number of hydrogen-bond acceptors (Lipinski definition) is 4. The third-order valence-corrected chi connectivity index (χ3v) is 6.12. The van der Waals surface area contributed by atoms with E-state index >= 15 is 0 Å². The van der Waals surface area contributed by atoms with Crippen LogP contribution in [0.2, 0.25) is 0 Å². The molecule has 1 aromatic carbocycles. The van der Waals surface area contributed by atoms with Crippen LogP contribution in [0, 0.1) is 20.8 Å². The van der Waals surface area contributed by atoms with Gasteiger partial charge in [0.2, 0.25) is 0 Å². The van der Waals surface area contributed by atoms with Crippen LogP contribution in [-0.2, 0) is 17.7 Å². The Hall–Kier alpha value is -3.12. The first kappa shape index (κ1) is 22.1. The highest BCUT2D eigenvalue weighted by molar-refractivity contribution is 5.96. The normalized spacial score (nSPS) is 13.9. The third kappa shape index (κ3) is 4.86. The lowest BCUT2D eigenvalue weighted by Crippen LogP contribution is -2.36. The van der Waals surface area contributed by atoms with Crippen LogP contribution in [0.5, 0.6) is 0 Å². The summed E-state index contributed by atoms with van der Waals surface area (Å²) in [5, 5.41) is 3.12.